The fraction of sp³-hybridized carbons (Fsp3) is 0.438. The van der Waals surface area contributed by atoms with E-state index in [1.165, 1.54) is 14.6 Å². The second kappa shape index (κ2) is 7.90. The van der Waals surface area contributed by atoms with Crippen LogP contribution in [0.1, 0.15) is 25.1 Å². The highest BCUT2D eigenvalue weighted by Gasteiger charge is 2.30. The predicted octanol–water partition coefficient (Wildman–Crippen LogP) is 3.39. The molecule has 1 amide bonds. The highest BCUT2D eigenvalue weighted by Crippen LogP contribution is 2.35. The van der Waals surface area contributed by atoms with Crippen molar-refractivity contribution in [1.82, 2.24) is 5.32 Å². The number of nitrogens with one attached hydrogen (secondary N) is 1. The van der Waals surface area contributed by atoms with E-state index in [-0.39, 0.29) is 0 Å². The van der Waals surface area contributed by atoms with E-state index >= 15 is 0 Å². The van der Waals surface area contributed by atoms with E-state index in [0.29, 0.717) is 6.54 Å². The summed E-state index contributed by atoms with van der Waals surface area (Å²) < 4.78 is 1.13. The standard InChI is InChI=1S/C16H21BrN2O2S2/c1-16(2,21)14(15(18)20)19-9-3-4-10-5-6-11(22-10)12-7-8-13(17)23-12/h5-8,14,19,21H,3-4,9H2,1-2H3,(H2,18,20)/t14-/m1/s1. The van der Waals surface area contributed by atoms with Gasteiger partial charge in [-0.3, -0.25) is 4.79 Å². The van der Waals surface area contributed by atoms with Crippen molar-refractivity contribution in [1.29, 1.82) is 0 Å². The zero-order valence-electron chi connectivity index (χ0n) is 13.1. The number of carbonyl (C=O) groups is 1. The summed E-state index contributed by atoms with van der Waals surface area (Å²) in [6.07, 6.45) is 1.81. The van der Waals surface area contributed by atoms with Crippen LogP contribution in [0.3, 0.4) is 0 Å². The molecule has 7 heteroatoms. The SMILES string of the molecule is CC(C)(O)[C@H](NCCCc1ccc(-c2ccc(Br)s2)s1)C(N)=O. The minimum atomic E-state index is -1.16. The van der Waals surface area contributed by atoms with E-state index in [0.717, 1.165) is 16.6 Å². The zero-order chi connectivity index (χ0) is 17.0. The summed E-state index contributed by atoms with van der Waals surface area (Å²) in [5, 5.41) is 13.0. The van der Waals surface area contributed by atoms with Crippen molar-refractivity contribution in [3.05, 3.63) is 32.9 Å². The Bertz CT molecular complexity index is 661. The van der Waals surface area contributed by atoms with Crippen molar-refractivity contribution in [2.75, 3.05) is 6.54 Å². The number of rotatable bonds is 8. The van der Waals surface area contributed by atoms with Crippen LogP contribution < -0.4 is 11.1 Å². The molecule has 4 N–H and O–H groups in total. The first-order valence-corrected chi connectivity index (χ1v) is 9.79. The second-order valence-corrected chi connectivity index (χ2v) is 9.55. The molecule has 0 aliphatic rings. The molecule has 0 bridgehead atoms. The van der Waals surface area contributed by atoms with E-state index in [9.17, 15) is 9.90 Å². The minimum Gasteiger partial charge on any atom is -0.388 e. The molecule has 1 atom stereocenters. The second-order valence-electron chi connectivity index (χ2n) is 5.92. The van der Waals surface area contributed by atoms with Gasteiger partial charge in [-0.2, -0.15) is 0 Å². The van der Waals surface area contributed by atoms with Gasteiger partial charge in [0.15, 0.2) is 0 Å². The third kappa shape index (κ3) is 5.39. The minimum absolute atomic E-state index is 0.529. The molecule has 23 heavy (non-hydrogen) atoms. The Kier molecular flexibility index (Phi) is 6.39. The van der Waals surface area contributed by atoms with Crippen LogP contribution in [0.15, 0.2) is 28.1 Å². The molecule has 0 aliphatic carbocycles. The van der Waals surface area contributed by atoms with Gasteiger partial charge in [0, 0.05) is 14.6 Å². The molecule has 126 valence electrons. The number of hydrogen-bond donors (Lipinski definition) is 3. The Balaban J connectivity index is 1.83. The smallest absolute Gasteiger partial charge is 0.237 e. The van der Waals surface area contributed by atoms with E-state index in [1.54, 1.807) is 36.5 Å². The lowest BCUT2D eigenvalue weighted by molar-refractivity contribution is -0.125. The lowest BCUT2D eigenvalue weighted by Gasteiger charge is -2.27. The molecule has 0 aliphatic heterocycles. The monoisotopic (exact) mass is 416 g/mol. The van der Waals surface area contributed by atoms with Crippen molar-refractivity contribution >= 4 is 44.5 Å². The number of thiophene rings is 2. The van der Waals surface area contributed by atoms with Crippen molar-refractivity contribution in [3.63, 3.8) is 0 Å². The number of primary amides is 1. The zero-order valence-corrected chi connectivity index (χ0v) is 16.4. The van der Waals surface area contributed by atoms with Crippen molar-refractivity contribution in [2.24, 2.45) is 5.73 Å². The Morgan fingerprint density at radius 1 is 1.30 bits per heavy atom. The van der Waals surface area contributed by atoms with Crippen LogP contribution in [0.2, 0.25) is 0 Å². The van der Waals surface area contributed by atoms with E-state index in [2.05, 4.69) is 45.5 Å². The maximum Gasteiger partial charge on any atom is 0.237 e. The van der Waals surface area contributed by atoms with Crippen LogP contribution in [0.4, 0.5) is 0 Å². The normalized spacial score (nSPS) is 13.2. The first-order chi connectivity index (χ1) is 10.8. The lowest BCUT2D eigenvalue weighted by atomic mass is 9.98. The molecule has 0 saturated heterocycles. The number of amides is 1. The van der Waals surface area contributed by atoms with E-state index < -0.39 is 17.6 Å². The van der Waals surface area contributed by atoms with Gasteiger partial charge in [-0.15, -0.1) is 22.7 Å². The van der Waals surface area contributed by atoms with Gasteiger partial charge < -0.3 is 16.2 Å². The molecule has 0 radical (unpaired) electrons. The molecule has 0 spiro atoms. The fourth-order valence-corrected chi connectivity index (χ4v) is 4.82. The number of nitrogens with two attached hydrogens (primary N) is 1. The molecule has 2 rings (SSSR count). The summed E-state index contributed by atoms with van der Waals surface area (Å²) in [5.41, 5.74) is 4.17. The number of halogens is 1. The average molecular weight is 417 g/mol. The average Bonchev–Trinajstić information content (AvgIpc) is 3.05. The van der Waals surface area contributed by atoms with Crippen LogP contribution in [0.25, 0.3) is 9.75 Å². The Labute approximate surface area is 152 Å². The summed E-state index contributed by atoms with van der Waals surface area (Å²) in [4.78, 5) is 15.2. The van der Waals surface area contributed by atoms with Crippen molar-refractivity contribution in [2.45, 2.75) is 38.3 Å². The summed E-state index contributed by atoms with van der Waals surface area (Å²) in [6, 6.07) is 7.74. The van der Waals surface area contributed by atoms with E-state index in [4.69, 9.17) is 5.73 Å². The number of carbonyl (C=O) groups excluding carboxylic acids is 1. The Morgan fingerprint density at radius 3 is 2.52 bits per heavy atom. The third-order valence-corrected chi connectivity index (χ3v) is 6.38. The lowest BCUT2D eigenvalue weighted by Crippen LogP contribution is -2.55. The maximum absolute atomic E-state index is 11.4. The molecular weight excluding hydrogens is 396 g/mol. The van der Waals surface area contributed by atoms with Crippen molar-refractivity contribution < 1.29 is 9.90 Å². The molecular formula is C16H21BrN2O2S2. The molecule has 2 aromatic heterocycles. The summed E-state index contributed by atoms with van der Waals surface area (Å²) in [6.45, 7) is 3.80. The molecule has 0 saturated carbocycles. The van der Waals surface area contributed by atoms with Gasteiger partial charge in [-0.25, -0.2) is 0 Å². The first-order valence-electron chi connectivity index (χ1n) is 7.37. The largest absolute Gasteiger partial charge is 0.388 e. The van der Waals surface area contributed by atoms with Gasteiger partial charge >= 0.3 is 0 Å². The maximum atomic E-state index is 11.4. The summed E-state index contributed by atoms with van der Waals surface area (Å²) in [7, 11) is 0. The molecule has 0 unspecified atom stereocenters. The van der Waals surface area contributed by atoms with Crippen LogP contribution in [-0.4, -0.2) is 29.2 Å². The molecule has 2 aromatic rings. The predicted molar refractivity (Wildman–Crippen MR) is 101 cm³/mol. The number of aliphatic hydroxyl groups is 1. The molecule has 0 aromatic carbocycles. The fourth-order valence-electron chi connectivity index (χ4n) is 2.30. The topological polar surface area (TPSA) is 75.3 Å². The van der Waals surface area contributed by atoms with Gasteiger partial charge in [0.2, 0.25) is 5.91 Å². The molecule has 2 heterocycles. The van der Waals surface area contributed by atoms with Gasteiger partial charge in [-0.05, 0) is 73.4 Å². The molecule has 4 nitrogen and oxygen atoms in total. The highest BCUT2D eigenvalue weighted by molar-refractivity contribution is 9.11. The van der Waals surface area contributed by atoms with Crippen LogP contribution >= 0.6 is 38.6 Å². The van der Waals surface area contributed by atoms with E-state index in [1.807, 2.05) is 0 Å². The van der Waals surface area contributed by atoms with Crippen molar-refractivity contribution in [3.8, 4) is 9.75 Å². The summed E-state index contributed by atoms with van der Waals surface area (Å²) >= 11 is 7.00. The quantitative estimate of drug-likeness (QED) is 0.577. The first kappa shape index (κ1) is 18.6. The van der Waals surface area contributed by atoms with Gasteiger partial charge in [0.25, 0.3) is 0 Å². The van der Waals surface area contributed by atoms with Crippen LogP contribution in [0, 0.1) is 0 Å². The Morgan fingerprint density at radius 2 is 1.96 bits per heavy atom. The van der Waals surface area contributed by atoms with Gasteiger partial charge in [-0.1, -0.05) is 0 Å². The third-order valence-electron chi connectivity index (χ3n) is 3.42. The number of hydrogen-bond acceptors (Lipinski definition) is 5. The number of aryl methyl sites for hydroxylation is 1. The van der Waals surface area contributed by atoms with Gasteiger partial charge in [0.05, 0.1) is 9.39 Å². The highest BCUT2D eigenvalue weighted by atomic mass is 79.9. The van der Waals surface area contributed by atoms with Crippen LogP contribution in [0.5, 0.6) is 0 Å². The van der Waals surface area contributed by atoms with Crippen LogP contribution in [-0.2, 0) is 11.2 Å². The Hall–Kier alpha value is -0.730. The van der Waals surface area contributed by atoms with Gasteiger partial charge in [0.1, 0.15) is 6.04 Å². The summed E-state index contributed by atoms with van der Waals surface area (Å²) in [5.74, 6) is -0.529. The molecule has 0 fully saturated rings.